The zero-order valence-corrected chi connectivity index (χ0v) is 27.0. The highest BCUT2D eigenvalue weighted by molar-refractivity contribution is 5.87. The molecule has 5 aliphatic carbocycles. The van der Waals surface area contributed by atoms with E-state index in [1.165, 1.54) is 5.57 Å². The van der Waals surface area contributed by atoms with E-state index in [4.69, 9.17) is 4.74 Å². The molecule has 232 valence electrons. The van der Waals surface area contributed by atoms with Gasteiger partial charge in [-0.05, 0) is 104 Å². The largest absolute Gasteiger partial charge is 0.462 e. The monoisotopic (exact) mass is 572 g/mol. The van der Waals surface area contributed by atoms with Crippen LogP contribution in [-0.2, 0) is 9.53 Å². The summed E-state index contributed by atoms with van der Waals surface area (Å²) in [5, 5.41) is 46.3. The Balaban J connectivity index is 1.61. The molecule has 4 N–H and O–H groups in total. The Morgan fingerprint density at radius 3 is 2.22 bits per heavy atom. The summed E-state index contributed by atoms with van der Waals surface area (Å²) >= 11 is 0. The fraction of sp³-hybridized carbons (Fsp3) is 0.857. The van der Waals surface area contributed by atoms with Crippen LogP contribution in [0.25, 0.3) is 0 Å². The number of hydrogen-bond donors (Lipinski definition) is 4. The number of carbonyl (C=O) groups is 1. The molecule has 4 fully saturated rings. The lowest BCUT2D eigenvalue weighted by Crippen LogP contribution is -2.71. The first-order chi connectivity index (χ1) is 18.8. The van der Waals surface area contributed by atoms with E-state index in [0.717, 1.165) is 32.1 Å². The van der Waals surface area contributed by atoms with E-state index in [2.05, 4.69) is 40.7 Å². The molecule has 0 aliphatic heterocycles. The van der Waals surface area contributed by atoms with Crippen LogP contribution in [0.3, 0.4) is 0 Å². The normalized spacial score (nSPS) is 50.4. The van der Waals surface area contributed by atoms with Crippen molar-refractivity contribution in [3.05, 3.63) is 23.3 Å². The highest BCUT2D eigenvalue weighted by Crippen LogP contribution is 2.75. The van der Waals surface area contributed by atoms with Gasteiger partial charge in [0.25, 0.3) is 0 Å². The number of carbonyl (C=O) groups excluding carboxylic acids is 1. The second-order valence-electron chi connectivity index (χ2n) is 16.7. The average Bonchev–Trinajstić information content (AvgIpc) is 2.89. The van der Waals surface area contributed by atoms with Gasteiger partial charge in [-0.1, -0.05) is 66.2 Å². The second-order valence-corrected chi connectivity index (χ2v) is 16.7. The van der Waals surface area contributed by atoms with Gasteiger partial charge in [0.05, 0.1) is 29.8 Å². The van der Waals surface area contributed by atoms with Gasteiger partial charge in [-0.3, -0.25) is 0 Å². The number of aliphatic hydroxyl groups excluding tert-OH is 4. The van der Waals surface area contributed by atoms with Crippen LogP contribution >= 0.6 is 0 Å². The van der Waals surface area contributed by atoms with Crippen LogP contribution in [0, 0.1) is 50.2 Å². The third-order valence-corrected chi connectivity index (χ3v) is 14.3. The summed E-state index contributed by atoms with van der Waals surface area (Å²) in [6.07, 6.45) is 6.53. The standard InChI is InChI=1S/C35H56O6/c1-10-20(2)29(40)41-19-35-22(17-30(3,4)27(38)28(35)39)21-11-12-24-32(7)15-14-25(36)31(5,6)23(32)13-16-33(24,8)34(21,9)18-26(35)37/h10-11,22-28,36-39H,12-19H2,1-9H3/b20-10-/t22-,23-,24+,25-,26+,27-,28-,32-,33+,34+,35-/m0/s1. The van der Waals surface area contributed by atoms with Crippen LogP contribution in [0.1, 0.15) is 107 Å². The first-order valence-electron chi connectivity index (χ1n) is 16.1. The number of esters is 1. The van der Waals surface area contributed by atoms with Crippen molar-refractivity contribution in [1.82, 2.24) is 0 Å². The Hall–Kier alpha value is -1.21. The predicted molar refractivity (Wildman–Crippen MR) is 160 cm³/mol. The lowest BCUT2D eigenvalue weighted by Gasteiger charge is -2.72. The molecule has 0 aromatic heterocycles. The van der Waals surface area contributed by atoms with E-state index in [9.17, 15) is 25.2 Å². The van der Waals surface area contributed by atoms with Gasteiger partial charge in [0.2, 0.25) is 0 Å². The Bertz CT molecular complexity index is 1140. The van der Waals surface area contributed by atoms with Crippen molar-refractivity contribution in [3.63, 3.8) is 0 Å². The zero-order chi connectivity index (χ0) is 30.6. The molecule has 0 bridgehead atoms. The molecule has 0 amide bonds. The molecule has 4 saturated carbocycles. The number of ether oxygens (including phenoxy) is 1. The minimum atomic E-state index is -1.23. The molecular weight excluding hydrogens is 516 g/mol. The Labute approximate surface area is 247 Å². The SMILES string of the molecule is C/C=C(/C)C(=O)OC[C@@]12[C@H](O)C[C@]3(C)C(=CC[C@@H]4[C@@]5(C)CC[C@H](O)C(C)(C)[C@@H]5CC[C@]43C)[C@@H]1CC(C)(C)[C@@H](O)[C@@H]2O. The molecule has 0 heterocycles. The lowest BCUT2D eigenvalue weighted by molar-refractivity contribution is -0.258. The smallest absolute Gasteiger partial charge is 0.333 e. The molecule has 6 nitrogen and oxygen atoms in total. The van der Waals surface area contributed by atoms with Gasteiger partial charge in [0.1, 0.15) is 6.61 Å². The molecule has 0 aromatic carbocycles. The van der Waals surface area contributed by atoms with Gasteiger partial charge in [-0.25, -0.2) is 4.79 Å². The van der Waals surface area contributed by atoms with E-state index in [1.54, 1.807) is 19.9 Å². The van der Waals surface area contributed by atoms with Gasteiger partial charge in [-0.15, -0.1) is 0 Å². The number of allylic oxidation sites excluding steroid dienone is 3. The Morgan fingerprint density at radius 2 is 1.59 bits per heavy atom. The van der Waals surface area contributed by atoms with Crippen molar-refractivity contribution in [2.45, 2.75) is 132 Å². The number of aliphatic hydroxyl groups is 4. The Morgan fingerprint density at radius 1 is 0.927 bits per heavy atom. The van der Waals surface area contributed by atoms with Crippen molar-refractivity contribution in [1.29, 1.82) is 0 Å². The van der Waals surface area contributed by atoms with E-state index >= 15 is 0 Å². The molecule has 41 heavy (non-hydrogen) atoms. The maximum absolute atomic E-state index is 12.8. The fourth-order valence-corrected chi connectivity index (χ4v) is 11.3. The Kier molecular flexibility index (Phi) is 7.34. The summed E-state index contributed by atoms with van der Waals surface area (Å²) in [6.45, 7) is 19.1. The minimum Gasteiger partial charge on any atom is -0.462 e. The summed E-state index contributed by atoms with van der Waals surface area (Å²) in [6, 6.07) is 0. The van der Waals surface area contributed by atoms with E-state index in [1.807, 2.05) is 13.8 Å². The summed E-state index contributed by atoms with van der Waals surface area (Å²) in [5.74, 6) is 0.168. The summed E-state index contributed by atoms with van der Waals surface area (Å²) in [5.41, 5.74) is -0.416. The molecule has 6 heteroatoms. The highest BCUT2D eigenvalue weighted by Gasteiger charge is 2.72. The summed E-state index contributed by atoms with van der Waals surface area (Å²) in [7, 11) is 0. The highest BCUT2D eigenvalue weighted by atomic mass is 16.5. The lowest BCUT2D eigenvalue weighted by atomic mass is 9.33. The van der Waals surface area contributed by atoms with Gasteiger partial charge in [0, 0.05) is 5.57 Å². The van der Waals surface area contributed by atoms with Crippen LogP contribution in [0.15, 0.2) is 23.3 Å². The average molecular weight is 573 g/mol. The maximum atomic E-state index is 12.8. The predicted octanol–water partition coefficient (Wildman–Crippen LogP) is 5.57. The van der Waals surface area contributed by atoms with Gasteiger partial charge < -0.3 is 25.2 Å². The van der Waals surface area contributed by atoms with E-state index in [-0.39, 0.29) is 40.3 Å². The van der Waals surface area contributed by atoms with Crippen molar-refractivity contribution in [3.8, 4) is 0 Å². The van der Waals surface area contributed by atoms with E-state index in [0.29, 0.717) is 30.3 Å². The van der Waals surface area contributed by atoms with Crippen LogP contribution < -0.4 is 0 Å². The second kappa shape index (κ2) is 9.64. The quantitative estimate of drug-likeness (QED) is 0.200. The van der Waals surface area contributed by atoms with Crippen molar-refractivity contribution in [2.75, 3.05) is 6.61 Å². The maximum Gasteiger partial charge on any atom is 0.333 e. The first kappa shape index (κ1) is 31.2. The molecule has 0 radical (unpaired) electrons. The molecular formula is C35H56O6. The third-order valence-electron chi connectivity index (χ3n) is 14.3. The first-order valence-corrected chi connectivity index (χ1v) is 16.1. The van der Waals surface area contributed by atoms with Crippen molar-refractivity contribution >= 4 is 5.97 Å². The number of fused-ring (bicyclic) bond motifs is 7. The van der Waals surface area contributed by atoms with Gasteiger partial charge in [-0.2, -0.15) is 0 Å². The fourth-order valence-electron chi connectivity index (χ4n) is 11.3. The number of hydrogen-bond acceptors (Lipinski definition) is 6. The molecule has 0 unspecified atom stereocenters. The molecule has 0 spiro atoms. The van der Waals surface area contributed by atoms with Crippen LogP contribution in [0.5, 0.6) is 0 Å². The topological polar surface area (TPSA) is 107 Å². The molecule has 5 aliphatic rings. The van der Waals surface area contributed by atoms with E-state index < -0.39 is 35.1 Å². The molecule has 0 saturated heterocycles. The zero-order valence-electron chi connectivity index (χ0n) is 27.0. The third kappa shape index (κ3) is 3.98. The number of rotatable bonds is 3. The molecule has 5 rings (SSSR count). The van der Waals surface area contributed by atoms with Crippen LogP contribution in [0.2, 0.25) is 0 Å². The molecule has 11 atom stereocenters. The summed E-state index contributed by atoms with van der Waals surface area (Å²) in [4.78, 5) is 12.8. The minimum absolute atomic E-state index is 0.0722. The van der Waals surface area contributed by atoms with Crippen molar-refractivity contribution < 1.29 is 30.0 Å². The summed E-state index contributed by atoms with van der Waals surface area (Å²) < 4.78 is 5.83. The van der Waals surface area contributed by atoms with Crippen LogP contribution in [0.4, 0.5) is 0 Å². The van der Waals surface area contributed by atoms with Crippen LogP contribution in [-0.4, -0.2) is 57.4 Å². The molecule has 0 aromatic rings. The van der Waals surface area contributed by atoms with Gasteiger partial charge in [0.15, 0.2) is 0 Å². The van der Waals surface area contributed by atoms with Crippen molar-refractivity contribution in [2.24, 2.45) is 50.2 Å². The van der Waals surface area contributed by atoms with Gasteiger partial charge >= 0.3 is 5.97 Å².